The summed E-state index contributed by atoms with van der Waals surface area (Å²) in [6, 6.07) is 1.33. The summed E-state index contributed by atoms with van der Waals surface area (Å²) in [5, 5.41) is 2.16. The number of sulfone groups is 1. The second-order valence-electron chi connectivity index (χ2n) is 4.66. The first-order valence-electron chi connectivity index (χ1n) is 5.93. The van der Waals surface area contributed by atoms with Gasteiger partial charge < -0.3 is 10.2 Å². The molecule has 0 saturated carbocycles. The van der Waals surface area contributed by atoms with Gasteiger partial charge in [-0.05, 0) is 12.1 Å². The molecule has 1 heterocycles. The Morgan fingerprint density at radius 3 is 2.57 bits per heavy atom. The van der Waals surface area contributed by atoms with Gasteiger partial charge in [0, 0.05) is 13.0 Å². The average Bonchev–Trinajstić information content (AvgIpc) is 2.69. The Balaban J connectivity index is 2.21. The molecule has 1 aliphatic heterocycles. The van der Waals surface area contributed by atoms with Crippen molar-refractivity contribution in [2.45, 2.75) is 13.0 Å². The van der Waals surface area contributed by atoms with E-state index in [-0.39, 0.29) is 5.69 Å². The number of halogens is 2. The molecule has 21 heavy (non-hydrogen) atoms. The smallest absolute Gasteiger partial charge is 0.248 e. The van der Waals surface area contributed by atoms with E-state index in [9.17, 15) is 26.8 Å². The van der Waals surface area contributed by atoms with Crippen molar-refractivity contribution in [3.05, 3.63) is 29.8 Å². The summed E-state index contributed by atoms with van der Waals surface area (Å²) in [6.07, 6.45) is 0. The molecule has 0 radical (unpaired) electrons. The van der Waals surface area contributed by atoms with E-state index in [0.717, 1.165) is 24.0 Å². The van der Waals surface area contributed by atoms with Gasteiger partial charge >= 0.3 is 0 Å². The normalized spacial score (nSPS) is 20.3. The fraction of sp³-hybridized carbons (Fsp3) is 0.333. The van der Waals surface area contributed by atoms with Gasteiger partial charge in [-0.2, -0.15) is 0 Å². The minimum absolute atomic E-state index is 0.283. The van der Waals surface area contributed by atoms with E-state index in [1.165, 1.54) is 0 Å². The highest BCUT2D eigenvalue weighted by atomic mass is 32.2. The third-order valence-corrected chi connectivity index (χ3v) is 4.52. The van der Waals surface area contributed by atoms with Crippen LogP contribution < -0.4 is 5.32 Å². The fourth-order valence-electron chi connectivity index (χ4n) is 2.02. The summed E-state index contributed by atoms with van der Waals surface area (Å²) in [5.74, 6) is -4.28. The molecule has 1 aromatic rings. The van der Waals surface area contributed by atoms with Crippen molar-refractivity contribution in [2.24, 2.45) is 0 Å². The summed E-state index contributed by atoms with van der Waals surface area (Å²) in [5.41, 5.74) is -0.283. The summed E-state index contributed by atoms with van der Waals surface area (Å²) in [4.78, 5) is 24.3. The van der Waals surface area contributed by atoms with Crippen LogP contribution >= 0.6 is 0 Å². The van der Waals surface area contributed by atoms with Crippen LogP contribution in [0.3, 0.4) is 0 Å². The first-order chi connectivity index (χ1) is 9.69. The van der Waals surface area contributed by atoms with Gasteiger partial charge in [0.2, 0.25) is 11.8 Å². The maximum atomic E-state index is 13.5. The summed E-state index contributed by atoms with van der Waals surface area (Å²) in [7, 11) is -3.55. The first-order valence-corrected chi connectivity index (χ1v) is 7.75. The Morgan fingerprint density at radius 2 is 2.00 bits per heavy atom. The summed E-state index contributed by atoms with van der Waals surface area (Å²) >= 11 is 0. The molecule has 0 bridgehead atoms. The van der Waals surface area contributed by atoms with E-state index in [0.29, 0.717) is 6.07 Å². The number of nitrogens with one attached hydrogen (secondary N) is 1. The predicted octanol–water partition coefficient (Wildman–Crippen LogP) is 0.506. The van der Waals surface area contributed by atoms with Crippen molar-refractivity contribution in [2.75, 3.05) is 16.9 Å². The van der Waals surface area contributed by atoms with Crippen LogP contribution in [-0.2, 0) is 19.4 Å². The Labute approximate surface area is 119 Å². The molecule has 0 aliphatic carbocycles. The van der Waals surface area contributed by atoms with Crippen LogP contribution in [0, 0.1) is 11.6 Å². The van der Waals surface area contributed by atoms with Crippen LogP contribution in [0.4, 0.5) is 14.5 Å². The molecule has 1 aliphatic rings. The highest BCUT2D eigenvalue weighted by Gasteiger charge is 2.41. The summed E-state index contributed by atoms with van der Waals surface area (Å²) in [6.45, 7) is 1.14. The van der Waals surface area contributed by atoms with Crippen molar-refractivity contribution in [3.8, 4) is 0 Å². The molecular weight excluding hydrogens is 306 g/mol. The monoisotopic (exact) mass is 318 g/mol. The Kier molecular flexibility index (Phi) is 3.95. The molecule has 2 rings (SSSR count). The van der Waals surface area contributed by atoms with Gasteiger partial charge in [0.1, 0.15) is 23.6 Å². The number of rotatable bonds is 2. The van der Waals surface area contributed by atoms with Gasteiger partial charge in [-0.3, -0.25) is 9.59 Å². The van der Waals surface area contributed by atoms with Crippen LogP contribution in [0.15, 0.2) is 18.2 Å². The Morgan fingerprint density at radius 1 is 1.33 bits per heavy atom. The molecule has 9 heteroatoms. The molecule has 1 saturated heterocycles. The number of anilines is 1. The van der Waals surface area contributed by atoms with Gasteiger partial charge in [-0.1, -0.05) is 0 Å². The lowest BCUT2D eigenvalue weighted by molar-refractivity contribution is -0.134. The topological polar surface area (TPSA) is 83.6 Å². The largest absolute Gasteiger partial charge is 0.322 e. The lowest BCUT2D eigenvalue weighted by Crippen LogP contribution is -2.43. The quantitative estimate of drug-likeness (QED) is 0.861. The molecule has 0 aromatic heterocycles. The van der Waals surface area contributed by atoms with Crippen molar-refractivity contribution >= 4 is 27.3 Å². The molecule has 1 N–H and O–H groups in total. The Hall–Kier alpha value is -2.03. The molecule has 2 amide bonds. The van der Waals surface area contributed by atoms with Gasteiger partial charge in [0.05, 0.1) is 11.4 Å². The third-order valence-electron chi connectivity index (χ3n) is 3.02. The lowest BCUT2D eigenvalue weighted by Gasteiger charge is -2.20. The van der Waals surface area contributed by atoms with Crippen LogP contribution in [0.25, 0.3) is 0 Å². The van der Waals surface area contributed by atoms with Crippen LogP contribution in [0.2, 0.25) is 0 Å². The van der Waals surface area contributed by atoms with E-state index in [4.69, 9.17) is 0 Å². The van der Waals surface area contributed by atoms with Crippen LogP contribution in [0.5, 0.6) is 0 Å². The maximum Gasteiger partial charge on any atom is 0.248 e. The Bertz CT molecular complexity index is 705. The molecule has 1 aromatic carbocycles. The highest BCUT2D eigenvalue weighted by Crippen LogP contribution is 2.20. The molecular formula is C12H12F2N2O4S. The number of hydrogen-bond acceptors (Lipinski definition) is 4. The van der Waals surface area contributed by atoms with E-state index in [2.05, 4.69) is 5.32 Å². The highest BCUT2D eigenvalue weighted by molar-refractivity contribution is 7.91. The molecule has 6 nitrogen and oxygen atoms in total. The maximum absolute atomic E-state index is 13.5. The SMILES string of the molecule is CC(=O)N1CS(=O)(=O)CC1C(=O)Nc1ccc(F)cc1F. The van der Waals surface area contributed by atoms with E-state index in [1.807, 2.05) is 0 Å². The second-order valence-corrected chi connectivity index (χ2v) is 6.74. The van der Waals surface area contributed by atoms with Crippen LogP contribution in [0.1, 0.15) is 6.92 Å². The standard InChI is InChI=1S/C12H12F2N2O4S/c1-7(17)16-6-21(19,20)5-11(16)12(18)15-10-3-2-8(13)4-9(10)14/h2-4,11H,5-6H2,1H3,(H,15,18). The summed E-state index contributed by atoms with van der Waals surface area (Å²) < 4.78 is 49.3. The molecule has 1 unspecified atom stereocenters. The number of carbonyl (C=O) groups excluding carboxylic acids is 2. The second kappa shape index (κ2) is 5.40. The van der Waals surface area contributed by atoms with Gasteiger partial charge in [0.15, 0.2) is 9.84 Å². The zero-order valence-electron chi connectivity index (χ0n) is 11.0. The zero-order valence-corrected chi connectivity index (χ0v) is 11.8. The minimum Gasteiger partial charge on any atom is -0.322 e. The van der Waals surface area contributed by atoms with Gasteiger partial charge in [-0.25, -0.2) is 17.2 Å². The van der Waals surface area contributed by atoms with E-state index >= 15 is 0 Å². The number of carbonyl (C=O) groups is 2. The van der Waals surface area contributed by atoms with E-state index in [1.54, 1.807) is 0 Å². The first kappa shape index (κ1) is 15.4. The minimum atomic E-state index is -3.55. The predicted molar refractivity (Wildman–Crippen MR) is 69.9 cm³/mol. The fourth-order valence-corrected chi connectivity index (χ4v) is 3.72. The number of hydrogen-bond donors (Lipinski definition) is 1. The third kappa shape index (κ3) is 3.35. The van der Waals surface area contributed by atoms with E-state index < -0.39 is 51.0 Å². The van der Waals surface area contributed by atoms with Crippen molar-refractivity contribution < 1.29 is 26.8 Å². The average molecular weight is 318 g/mol. The number of benzene rings is 1. The number of nitrogens with zero attached hydrogens (tertiary/aromatic N) is 1. The molecule has 1 atom stereocenters. The molecule has 114 valence electrons. The van der Waals surface area contributed by atoms with Crippen molar-refractivity contribution in [3.63, 3.8) is 0 Å². The van der Waals surface area contributed by atoms with Gasteiger partial charge in [0.25, 0.3) is 0 Å². The lowest BCUT2D eigenvalue weighted by atomic mass is 10.2. The zero-order chi connectivity index (χ0) is 15.8. The molecule has 1 fully saturated rings. The van der Waals surface area contributed by atoms with Crippen LogP contribution in [-0.4, -0.2) is 42.8 Å². The number of amides is 2. The van der Waals surface area contributed by atoms with Gasteiger partial charge in [-0.15, -0.1) is 0 Å². The van der Waals surface area contributed by atoms with Crippen molar-refractivity contribution in [1.29, 1.82) is 0 Å². The molecule has 0 spiro atoms. The van der Waals surface area contributed by atoms with Crippen molar-refractivity contribution in [1.82, 2.24) is 4.90 Å².